The minimum absolute atomic E-state index is 0.214. The van der Waals surface area contributed by atoms with Crippen LogP contribution in [-0.4, -0.2) is 16.8 Å². The van der Waals surface area contributed by atoms with Crippen molar-refractivity contribution >= 4 is 43.5 Å². The van der Waals surface area contributed by atoms with Crippen LogP contribution in [0.15, 0.2) is 24.3 Å². The van der Waals surface area contributed by atoms with Crippen molar-refractivity contribution in [3.63, 3.8) is 0 Å². The summed E-state index contributed by atoms with van der Waals surface area (Å²) in [5, 5.41) is 2.43. The van der Waals surface area contributed by atoms with Gasteiger partial charge in [0.2, 0.25) is 0 Å². The molecular weight excluding hydrogens is 331 g/mol. The number of ether oxygens (including phenoxy) is 1. The molecular formula is C10H11Br2ClO. The molecule has 0 radical (unpaired) electrons. The molecule has 78 valence electrons. The fraction of sp³-hybridized carbons (Fsp3) is 0.400. The van der Waals surface area contributed by atoms with Gasteiger partial charge in [-0.05, 0) is 17.7 Å². The van der Waals surface area contributed by atoms with Gasteiger partial charge in [0.25, 0.3) is 0 Å². The van der Waals surface area contributed by atoms with Crippen LogP contribution in [0.25, 0.3) is 0 Å². The predicted octanol–water partition coefficient (Wildman–Crippen LogP) is 4.02. The molecule has 0 fully saturated rings. The summed E-state index contributed by atoms with van der Waals surface area (Å²) in [5.74, 6) is 0. The summed E-state index contributed by atoms with van der Waals surface area (Å²) < 4.78 is 5.63. The number of rotatable bonds is 5. The van der Waals surface area contributed by atoms with Crippen LogP contribution < -0.4 is 0 Å². The molecule has 0 spiro atoms. The molecule has 1 nitrogen and oxygen atoms in total. The van der Waals surface area contributed by atoms with Crippen LogP contribution in [0.2, 0.25) is 5.02 Å². The minimum Gasteiger partial charge on any atom is -0.372 e. The molecule has 1 aromatic carbocycles. The van der Waals surface area contributed by atoms with Gasteiger partial charge in [-0.1, -0.05) is 55.6 Å². The highest BCUT2D eigenvalue weighted by Crippen LogP contribution is 2.12. The van der Waals surface area contributed by atoms with Crippen molar-refractivity contribution in [1.82, 2.24) is 0 Å². The van der Waals surface area contributed by atoms with Crippen LogP contribution in [0.3, 0.4) is 0 Å². The van der Waals surface area contributed by atoms with Crippen molar-refractivity contribution in [1.29, 1.82) is 0 Å². The molecule has 0 saturated carbocycles. The highest BCUT2D eigenvalue weighted by molar-refractivity contribution is 9.09. The first-order valence-electron chi connectivity index (χ1n) is 4.24. The molecule has 0 atom stereocenters. The maximum absolute atomic E-state index is 5.77. The monoisotopic (exact) mass is 340 g/mol. The van der Waals surface area contributed by atoms with E-state index < -0.39 is 0 Å². The van der Waals surface area contributed by atoms with Gasteiger partial charge < -0.3 is 4.74 Å². The van der Waals surface area contributed by atoms with E-state index in [1.165, 1.54) is 0 Å². The number of benzene rings is 1. The highest BCUT2D eigenvalue weighted by Gasteiger charge is 2.04. The summed E-state index contributed by atoms with van der Waals surface area (Å²) in [4.78, 5) is 0. The highest BCUT2D eigenvalue weighted by atomic mass is 79.9. The van der Waals surface area contributed by atoms with Gasteiger partial charge in [0.1, 0.15) is 0 Å². The molecule has 0 aromatic heterocycles. The van der Waals surface area contributed by atoms with Gasteiger partial charge in [-0.25, -0.2) is 0 Å². The van der Waals surface area contributed by atoms with Gasteiger partial charge in [-0.2, -0.15) is 0 Å². The summed E-state index contributed by atoms with van der Waals surface area (Å²) in [6, 6.07) is 7.69. The molecule has 0 N–H and O–H groups in total. The lowest BCUT2D eigenvalue weighted by Gasteiger charge is -2.12. The summed E-state index contributed by atoms with van der Waals surface area (Å²) in [7, 11) is 0. The third-order valence-electron chi connectivity index (χ3n) is 1.74. The second-order valence-electron chi connectivity index (χ2n) is 2.87. The topological polar surface area (TPSA) is 9.23 Å². The van der Waals surface area contributed by atoms with E-state index in [4.69, 9.17) is 16.3 Å². The van der Waals surface area contributed by atoms with Crippen LogP contribution >= 0.6 is 43.5 Å². The summed E-state index contributed by atoms with van der Waals surface area (Å²) in [6.07, 6.45) is 0.214. The second-order valence-corrected chi connectivity index (χ2v) is 4.60. The first kappa shape index (κ1) is 12.5. The third kappa shape index (κ3) is 4.30. The fourth-order valence-corrected chi connectivity index (χ4v) is 2.50. The minimum atomic E-state index is 0.214. The van der Waals surface area contributed by atoms with Crippen molar-refractivity contribution in [2.45, 2.75) is 12.7 Å². The molecule has 1 aromatic rings. The molecule has 0 aliphatic carbocycles. The zero-order chi connectivity index (χ0) is 10.4. The third-order valence-corrected chi connectivity index (χ3v) is 3.44. The second kappa shape index (κ2) is 6.83. The number of hydrogen-bond acceptors (Lipinski definition) is 1. The number of halogens is 3. The number of hydrogen-bond donors (Lipinski definition) is 0. The largest absolute Gasteiger partial charge is 0.372 e. The number of alkyl halides is 2. The molecule has 0 aliphatic rings. The van der Waals surface area contributed by atoms with Gasteiger partial charge in [0.05, 0.1) is 12.7 Å². The molecule has 0 aliphatic heterocycles. The van der Waals surface area contributed by atoms with E-state index in [1.807, 2.05) is 24.3 Å². The van der Waals surface area contributed by atoms with Gasteiger partial charge in [-0.15, -0.1) is 0 Å². The lowest BCUT2D eigenvalue weighted by Crippen LogP contribution is -2.15. The van der Waals surface area contributed by atoms with Crippen LogP contribution in [-0.2, 0) is 11.3 Å². The first-order valence-corrected chi connectivity index (χ1v) is 6.86. The summed E-state index contributed by atoms with van der Waals surface area (Å²) >= 11 is 12.5. The Morgan fingerprint density at radius 2 is 1.71 bits per heavy atom. The van der Waals surface area contributed by atoms with Gasteiger partial charge in [0, 0.05) is 15.7 Å². The van der Waals surface area contributed by atoms with Crippen LogP contribution in [0.1, 0.15) is 5.56 Å². The Balaban J connectivity index is 2.41. The van der Waals surface area contributed by atoms with Crippen molar-refractivity contribution < 1.29 is 4.74 Å². The Labute approximate surface area is 106 Å². The molecule has 0 heterocycles. The smallest absolute Gasteiger partial charge is 0.0773 e. The van der Waals surface area contributed by atoms with Gasteiger partial charge in [-0.3, -0.25) is 0 Å². The predicted molar refractivity (Wildman–Crippen MR) is 67.6 cm³/mol. The standard InChI is InChI=1S/C10H11Br2ClO/c11-5-10(6-12)14-7-8-1-3-9(13)4-2-8/h1-4,10H,5-7H2. The Morgan fingerprint density at radius 1 is 1.14 bits per heavy atom. The lowest BCUT2D eigenvalue weighted by molar-refractivity contribution is 0.0734. The lowest BCUT2D eigenvalue weighted by atomic mass is 10.2. The summed E-state index contributed by atoms with van der Waals surface area (Å²) in [6.45, 7) is 0.624. The van der Waals surface area contributed by atoms with E-state index in [9.17, 15) is 0 Å². The molecule has 0 saturated heterocycles. The fourth-order valence-electron chi connectivity index (χ4n) is 0.925. The SMILES string of the molecule is Clc1ccc(COC(CBr)CBr)cc1. The van der Waals surface area contributed by atoms with Crippen LogP contribution in [0, 0.1) is 0 Å². The Kier molecular flexibility index (Phi) is 6.10. The van der Waals surface area contributed by atoms with Crippen molar-refractivity contribution in [2.75, 3.05) is 10.7 Å². The molecule has 4 heteroatoms. The normalized spacial score (nSPS) is 10.9. The van der Waals surface area contributed by atoms with E-state index in [0.717, 1.165) is 21.2 Å². The zero-order valence-corrected chi connectivity index (χ0v) is 11.5. The Hall–Kier alpha value is 0.430. The molecule has 0 bridgehead atoms. The average molecular weight is 342 g/mol. The van der Waals surface area contributed by atoms with E-state index >= 15 is 0 Å². The molecule has 1 rings (SSSR count). The average Bonchev–Trinajstić information content (AvgIpc) is 2.22. The Bertz CT molecular complexity index is 259. The van der Waals surface area contributed by atoms with Crippen molar-refractivity contribution in [3.05, 3.63) is 34.9 Å². The van der Waals surface area contributed by atoms with Crippen molar-refractivity contribution in [3.8, 4) is 0 Å². The van der Waals surface area contributed by atoms with Crippen molar-refractivity contribution in [2.24, 2.45) is 0 Å². The maximum Gasteiger partial charge on any atom is 0.0773 e. The van der Waals surface area contributed by atoms with Gasteiger partial charge in [0.15, 0.2) is 0 Å². The van der Waals surface area contributed by atoms with E-state index in [0.29, 0.717) is 6.61 Å². The van der Waals surface area contributed by atoms with E-state index in [1.54, 1.807) is 0 Å². The molecule has 0 amide bonds. The Morgan fingerprint density at radius 3 is 2.21 bits per heavy atom. The van der Waals surface area contributed by atoms with Crippen LogP contribution in [0.4, 0.5) is 0 Å². The zero-order valence-electron chi connectivity index (χ0n) is 7.55. The van der Waals surface area contributed by atoms with Crippen LogP contribution in [0.5, 0.6) is 0 Å². The van der Waals surface area contributed by atoms with E-state index in [-0.39, 0.29) is 6.10 Å². The maximum atomic E-state index is 5.77. The van der Waals surface area contributed by atoms with Gasteiger partial charge >= 0.3 is 0 Å². The molecule has 0 unspecified atom stereocenters. The quantitative estimate of drug-likeness (QED) is 0.735. The summed E-state index contributed by atoms with van der Waals surface area (Å²) in [5.41, 5.74) is 1.14. The van der Waals surface area contributed by atoms with E-state index in [2.05, 4.69) is 31.9 Å². The molecule has 14 heavy (non-hydrogen) atoms. The first-order chi connectivity index (χ1) is 6.76.